The van der Waals surface area contributed by atoms with E-state index in [1.807, 2.05) is 34.3 Å². The molecule has 1 saturated heterocycles. The smallest absolute Gasteiger partial charge is 0.252 e. The molecule has 0 aliphatic carbocycles. The van der Waals surface area contributed by atoms with Crippen LogP contribution in [0.4, 0.5) is 0 Å². The van der Waals surface area contributed by atoms with Gasteiger partial charge in [0.25, 0.3) is 5.91 Å². The van der Waals surface area contributed by atoms with Crippen LogP contribution in [0.1, 0.15) is 12.0 Å². The van der Waals surface area contributed by atoms with Crippen molar-refractivity contribution in [2.75, 3.05) is 11.5 Å². The molecule has 0 radical (unpaired) electrons. The Morgan fingerprint density at radius 2 is 2.00 bits per heavy atom. The summed E-state index contributed by atoms with van der Waals surface area (Å²) in [6.45, 7) is 0.611. The predicted molar refractivity (Wildman–Crippen MR) is 103 cm³/mol. The zero-order chi connectivity index (χ0) is 18.1. The van der Waals surface area contributed by atoms with E-state index in [-0.39, 0.29) is 17.4 Å². The second-order valence-electron chi connectivity index (χ2n) is 6.50. The molecule has 3 aromatic rings. The van der Waals surface area contributed by atoms with E-state index in [9.17, 15) is 13.2 Å². The van der Waals surface area contributed by atoms with Crippen LogP contribution in [-0.2, 0) is 21.2 Å². The van der Waals surface area contributed by atoms with Crippen molar-refractivity contribution in [2.24, 2.45) is 10.9 Å². The molecule has 1 aliphatic rings. The van der Waals surface area contributed by atoms with Gasteiger partial charge in [-0.3, -0.25) is 4.79 Å². The lowest BCUT2D eigenvalue weighted by molar-refractivity contribution is -0.121. The van der Waals surface area contributed by atoms with Crippen molar-refractivity contribution in [3.63, 3.8) is 0 Å². The Kier molecular flexibility index (Phi) is 4.50. The Morgan fingerprint density at radius 3 is 2.81 bits per heavy atom. The molecule has 0 N–H and O–H groups in total. The number of thiazole rings is 1. The fraction of sp³-hybridized carbons (Fsp3) is 0.263. The normalized spacial score (nSPS) is 19.8. The molecular weight excluding hydrogens is 368 g/mol. The third-order valence-electron chi connectivity index (χ3n) is 4.67. The highest BCUT2D eigenvalue weighted by atomic mass is 32.2. The lowest BCUT2D eigenvalue weighted by Gasteiger charge is -2.08. The summed E-state index contributed by atoms with van der Waals surface area (Å²) in [5.41, 5.74) is 1.15. The molecule has 7 heteroatoms. The number of fused-ring (bicyclic) bond motifs is 1. The summed E-state index contributed by atoms with van der Waals surface area (Å²) < 4.78 is 25.1. The van der Waals surface area contributed by atoms with Crippen LogP contribution < -0.4 is 4.80 Å². The molecule has 1 amide bonds. The van der Waals surface area contributed by atoms with Crippen molar-refractivity contribution in [1.82, 2.24) is 4.57 Å². The third-order valence-corrected chi connectivity index (χ3v) is 7.23. The number of benzene rings is 2. The van der Waals surface area contributed by atoms with Gasteiger partial charge in [-0.2, -0.15) is 4.99 Å². The molecule has 0 spiro atoms. The fourth-order valence-corrected chi connectivity index (χ4v) is 5.76. The number of amides is 1. The first-order valence-electron chi connectivity index (χ1n) is 8.41. The Hall–Kier alpha value is -2.25. The molecule has 1 fully saturated rings. The van der Waals surface area contributed by atoms with Crippen LogP contribution in [0.25, 0.3) is 10.8 Å². The van der Waals surface area contributed by atoms with E-state index in [0.29, 0.717) is 17.8 Å². The van der Waals surface area contributed by atoms with Crippen LogP contribution in [0.2, 0.25) is 0 Å². The van der Waals surface area contributed by atoms with Gasteiger partial charge in [0.2, 0.25) is 0 Å². The number of nitrogens with zero attached hydrogens (tertiary/aromatic N) is 2. The third kappa shape index (κ3) is 3.50. The van der Waals surface area contributed by atoms with Crippen molar-refractivity contribution in [2.45, 2.75) is 13.0 Å². The van der Waals surface area contributed by atoms with Gasteiger partial charge >= 0.3 is 0 Å². The van der Waals surface area contributed by atoms with Crippen LogP contribution in [0, 0.1) is 5.92 Å². The first-order valence-corrected chi connectivity index (χ1v) is 11.1. The second-order valence-corrected chi connectivity index (χ2v) is 9.60. The number of carbonyl (C=O) groups excluding carboxylic acids is 1. The van der Waals surface area contributed by atoms with Crippen LogP contribution in [-0.4, -0.2) is 30.4 Å². The average Bonchev–Trinajstić information content (AvgIpc) is 3.21. The summed E-state index contributed by atoms with van der Waals surface area (Å²) in [4.78, 5) is 17.2. The first-order chi connectivity index (χ1) is 12.5. The standard InChI is InChI=1S/C19H18N2O3S2/c22-18(16-8-11-26(23,24)13-16)20-19-21(9-10-25-19)12-15-6-3-5-14-4-1-2-7-17(14)15/h1-7,9-10,16H,8,11-13H2. The molecule has 4 rings (SSSR count). The largest absolute Gasteiger partial charge is 0.319 e. The molecular formula is C19H18N2O3S2. The number of sulfone groups is 1. The molecule has 2 heterocycles. The van der Waals surface area contributed by atoms with E-state index in [1.165, 1.54) is 22.1 Å². The van der Waals surface area contributed by atoms with Gasteiger partial charge in [0.1, 0.15) is 0 Å². The summed E-state index contributed by atoms with van der Waals surface area (Å²) in [5, 5.41) is 4.24. The van der Waals surface area contributed by atoms with Crippen molar-refractivity contribution in [3.05, 3.63) is 64.4 Å². The molecule has 0 saturated carbocycles. The SMILES string of the molecule is O=C(N=c1sccn1Cc1cccc2ccccc12)C1CCS(=O)(=O)C1. The molecule has 2 aromatic carbocycles. The second kappa shape index (κ2) is 6.81. The molecule has 1 atom stereocenters. The van der Waals surface area contributed by atoms with Gasteiger partial charge in [0.05, 0.1) is 24.0 Å². The van der Waals surface area contributed by atoms with Crippen LogP contribution in [0.3, 0.4) is 0 Å². The number of carbonyl (C=O) groups is 1. The fourth-order valence-electron chi connectivity index (χ4n) is 3.30. The van der Waals surface area contributed by atoms with Gasteiger partial charge in [-0.1, -0.05) is 42.5 Å². The average molecular weight is 386 g/mol. The van der Waals surface area contributed by atoms with Gasteiger partial charge in [-0.25, -0.2) is 8.42 Å². The van der Waals surface area contributed by atoms with Crippen molar-refractivity contribution >= 4 is 37.9 Å². The maximum atomic E-state index is 12.4. The Morgan fingerprint density at radius 1 is 1.19 bits per heavy atom. The molecule has 26 heavy (non-hydrogen) atoms. The topological polar surface area (TPSA) is 68.5 Å². The van der Waals surface area contributed by atoms with Gasteiger partial charge in [0, 0.05) is 11.6 Å². The van der Waals surface area contributed by atoms with E-state index in [4.69, 9.17) is 0 Å². The summed E-state index contributed by atoms with van der Waals surface area (Å²) in [6, 6.07) is 14.4. The molecule has 0 bridgehead atoms. The number of hydrogen-bond acceptors (Lipinski definition) is 4. The van der Waals surface area contributed by atoms with Crippen molar-refractivity contribution in [1.29, 1.82) is 0 Å². The summed E-state index contributed by atoms with van der Waals surface area (Å²) in [7, 11) is -3.09. The van der Waals surface area contributed by atoms with Gasteiger partial charge < -0.3 is 4.57 Å². The summed E-state index contributed by atoms with van der Waals surface area (Å²) in [5.74, 6) is -0.836. The minimum absolute atomic E-state index is 0.0793. The minimum atomic E-state index is -3.09. The van der Waals surface area contributed by atoms with Crippen LogP contribution in [0.15, 0.2) is 59.0 Å². The molecule has 5 nitrogen and oxygen atoms in total. The van der Waals surface area contributed by atoms with Crippen molar-refractivity contribution in [3.8, 4) is 0 Å². The van der Waals surface area contributed by atoms with Crippen molar-refractivity contribution < 1.29 is 13.2 Å². The predicted octanol–water partition coefficient (Wildman–Crippen LogP) is 2.61. The van der Waals surface area contributed by atoms with Gasteiger partial charge in [-0.05, 0) is 22.8 Å². The Labute approximate surface area is 155 Å². The number of aromatic nitrogens is 1. The first kappa shape index (κ1) is 17.2. The number of rotatable bonds is 3. The summed E-state index contributed by atoms with van der Waals surface area (Å²) in [6.07, 6.45) is 2.28. The lowest BCUT2D eigenvalue weighted by atomic mass is 10.0. The minimum Gasteiger partial charge on any atom is -0.319 e. The van der Waals surface area contributed by atoms with E-state index in [0.717, 1.165) is 5.56 Å². The number of hydrogen-bond donors (Lipinski definition) is 0. The highest BCUT2D eigenvalue weighted by Gasteiger charge is 2.32. The quantitative estimate of drug-likeness (QED) is 0.695. The molecule has 1 unspecified atom stereocenters. The Balaban J connectivity index is 1.64. The maximum Gasteiger partial charge on any atom is 0.252 e. The Bertz CT molecular complexity index is 1140. The highest BCUT2D eigenvalue weighted by Crippen LogP contribution is 2.20. The van der Waals surface area contributed by atoms with E-state index < -0.39 is 15.8 Å². The van der Waals surface area contributed by atoms with Gasteiger partial charge in [0.15, 0.2) is 14.6 Å². The van der Waals surface area contributed by atoms with E-state index >= 15 is 0 Å². The summed E-state index contributed by atoms with van der Waals surface area (Å²) >= 11 is 1.39. The lowest BCUT2D eigenvalue weighted by Crippen LogP contribution is -2.21. The monoisotopic (exact) mass is 386 g/mol. The molecule has 1 aliphatic heterocycles. The van der Waals surface area contributed by atoms with E-state index in [2.05, 4.69) is 29.3 Å². The molecule has 1 aromatic heterocycles. The molecule has 134 valence electrons. The zero-order valence-corrected chi connectivity index (χ0v) is 15.7. The van der Waals surface area contributed by atoms with Crippen LogP contribution in [0.5, 0.6) is 0 Å². The zero-order valence-electron chi connectivity index (χ0n) is 14.0. The highest BCUT2D eigenvalue weighted by molar-refractivity contribution is 7.91. The van der Waals surface area contributed by atoms with E-state index in [1.54, 1.807) is 0 Å². The van der Waals surface area contributed by atoms with Gasteiger partial charge in [-0.15, -0.1) is 11.3 Å². The maximum absolute atomic E-state index is 12.4. The van der Waals surface area contributed by atoms with Crippen LogP contribution >= 0.6 is 11.3 Å².